The van der Waals surface area contributed by atoms with E-state index in [9.17, 15) is 17.2 Å². The number of fused-ring (bicyclic) bond motifs is 1. The van der Waals surface area contributed by atoms with E-state index in [4.69, 9.17) is 0 Å². The molecule has 2 heterocycles. The molecule has 0 aromatic carbocycles. The number of nitrogens with zero attached hydrogens (tertiary/aromatic N) is 1. The van der Waals surface area contributed by atoms with Crippen molar-refractivity contribution in [2.45, 2.75) is 37.0 Å². The summed E-state index contributed by atoms with van der Waals surface area (Å²) in [5.74, 6) is 0. The van der Waals surface area contributed by atoms with Gasteiger partial charge in [0.2, 0.25) is 0 Å². The molecule has 0 saturated heterocycles. The number of thiophene rings is 1. The number of anilines is 1. The number of hydrogen-bond acceptors (Lipinski definition) is 4. The van der Waals surface area contributed by atoms with Crippen LogP contribution in [0.1, 0.15) is 36.0 Å². The number of sulfonamides is 1. The Labute approximate surface area is 131 Å². The van der Waals surface area contributed by atoms with Crippen LogP contribution in [0.15, 0.2) is 28.0 Å². The monoisotopic (exact) mass is 344 g/mol. The second-order valence-corrected chi connectivity index (χ2v) is 7.52. The zero-order valence-electron chi connectivity index (χ0n) is 11.6. The maximum atomic E-state index is 12.9. The van der Waals surface area contributed by atoms with Gasteiger partial charge >= 0.3 is 0 Å². The molecule has 0 bridgehead atoms. The van der Waals surface area contributed by atoms with Gasteiger partial charge in [-0.2, -0.15) is 11.3 Å². The van der Waals surface area contributed by atoms with Crippen molar-refractivity contribution in [2.24, 2.45) is 0 Å². The number of hydrogen-bond donors (Lipinski definition) is 1. The number of aryl methyl sites for hydroxylation is 1. The van der Waals surface area contributed by atoms with Crippen LogP contribution in [0.3, 0.4) is 0 Å². The first-order valence-electron chi connectivity index (χ1n) is 6.82. The summed E-state index contributed by atoms with van der Waals surface area (Å²) < 4.78 is 53.1. The lowest BCUT2D eigenvalue weighted by molar-refractivity contribution is 0.148. The molecule has 1 aliphatic carbocycles. The number of nitrogens with one attached hydrogen (secondary N) is 1. The second-order valence-electron chi connectivity index (χ2n) is 5.13. The first kappa shape index (κ1) is 15.4. The molecule has 22 heavy (non-hydrogen) atoms. The Balaban J connectivity index is 1.97. The molecule has 0 spiro atoms. The average Bonchev–Trinajstić information content (AvgIpc) is 2.98. The predicted octanol–water partition coefficient (Wildman–Crippen LogP) is 3.76. The summed E-state index contributed by atoms with van der Waals surface area (Å²) in [4.78, 5) is 3.69. The minimum absolute atomic E-state index is 0.360. The fourth-order valence-electron chi connectivity index (χ4n) is 2.62. The van der Waals surface area contributed by atoms with Crippen molar-refractivity contribution in [3.05, 3.63) is 39.8 Å². The second kappa shape index (κ2) is 5.92. The zero-order valence-corrected chi connectivity index (χ0v) is 13.2. The van der Waals surface area contributed by atoms with Crippen LogP contribution in [0.4, 0.5) is 14.5 Å². The number of pyridine rings is 1. The number of aromatic nitrogens is 1. The lowest BCUT2D eigenvalue weighted by Crippen LogP contribution is -2.17. The molecule has 0 radical (unpaired) electrons. The van der Waals surface area contributed by atoms with Gasteiger partial charge in [0, 0.05) is 22.5 Å². The van der Waals surface area contributed by atoms with Gasteiger partial charge in [-0.1, -0.05) is 0 Å². The molecule has 1 N–H and O–H groups in total. The Morgan fingerprint density at radius 2 is 1.95 bits per heavy atom. The van der Waals surface area contributed by atoms with E-state index in [2.05, 4.69) is 9.71 Å². The fraction of sp³-hybridized carbons (Fsp3) is 0.357. The molecule has 2 aromatic heterocycles. The predicted molar refractivity (Wildman–Crippen MR) is 81.0 cm³/mol. The van der Waals surface area contributed by atoms with Crippen molar-refractivity contribution in [2.75, 3.05) is 4.72 Å². The van der Waals surface area contributed by atoms with E-state index >= 15 is 0 Å². The summed E-state index contributed by atoms with van der Waals surface area (Å²) in [5.41, 5.74) is 1.86. The van der Waals surface area contributed by atoms with Crippen molar-refractivity contribution in [3.8, 4) is 0 Å². The van der Waals surface area contributed by atoms with Gasteiger partial charge in [-0.3, -0.25) is 9.71 Å². The van der Waals surface area contributed by atoms with E-state index in [1.165, 1.54) is 11.6 Å². The molecule has 118 valence electrons. The van der Waals surface area contributed by atoms with E-state index < -0.39 is 22.0 Å². The molecule has 0 aliphatic heterocycles. The highest BCUT2D eigenvalue weighted by Crippen LogP contribution is 2.33. The van der Waals surface area contributed by atoms with Gasteiger partial charge in [-0.05, 0) is 36.8 Å². The average molecular weight is 344 g/mol. The highest BCUT2D eigenvalue weighted by atomic mass is 32.2. The first-order chi connectivity index (χ1) is 10.5. The van der Waals surface area contributed by atoms with Gasteiger partial charge in [0.1, 0.15) is 4.90 Å². The smallest absolute Gasteiger partial charge is 0.265 e. The van der Waals surface area contributed by atoms with E-state index in [-0.39, 0.29) is 4.90 Å². The molecule has 2 aromatic rings. The normalized spacial score (nSPS) is 14.9. The first-order valence-corrected chi connectivity index (χ1v) is 9.24. The Bertz CT molecular complexity index is 788. The lowest BCUT2D eigenvalue weighted by Gasteiger charge is -2.19. The van der Waals surface area contributed by atoms with Crippen LogP contribution in [0.25, 0.3) is 0 Å². The van der Waals surface area contributed by atoms with Gasteiger partial charge in [-0.15, -0.1) is 0 Å². The van der Waals surface area contributed by atoms with Crippen LogP contribution in [0.5, 0.6) is 0 Å². The molecular weight excluding hydrogens is 330 g/mol. The topological polar surface area (TPSA) is 59.1 Å². The minimum Gasteiger partial charge on any atom is -0.278 e. The van der Waals surface area contributed by atoms with Crippen LogP contribution in [0, 0.1) is 0 Å². The highest BCUT2D eigenvalue weighted by molar-refractivity contribution is 7.93. The summed E-state index contributed by atoms with van der Waals surface area (Å²) in [7, 11) is -4.04. The van der Waals surface area contributed by atoms with Crippen molar-refractivity contribution in [1.29, 1.82) is 0 Å². The standard InChI is InChI=1S/C14H14F2N2O2S2/c15-14(16)11-7-21-8-13(11)22(19,20)18-12-6-17-5-9-3-1-2-4-10(9)12/h5-8,14,18H,1-4H2. The summed E-state index contributed by atoms with van der Waals surface area (Å²) in [6.45, 7) is 0. The molecule has 0 fully saturated rings. The Hall–Kier alpha value is -1.54. The third kappa shape index (κ3) is 2.85. The lowest BCUT2D eigenvalue weighted by atomic mass is 9.92. The van der Waals surface area contributed by atoms with E-state index in [0.717, 1.165) is 53.5 Å². The summed E-state index contributed by atoms with van der Waals surface area (Å²) in [6, 6.07) is 0. The third-order valence-corrected chi connectivity index (χ3v) is 6.03. The molecular formula is C14H14F2N2O2S2. The number of halogens is 2. The van der Waals surface area contributed by atoms with Crippen LogP contribution < -0.4 is 4.72 Å². The molecule has 1 aliphatic rings. The van der Waals surface area contributed by atoms with Crippen LogP contribution in [-0.4, -0.2) is 13.4 Å². The van der Waals surface area contributed by atoms with Crippen LogP contribution in [0.2, 0.25) is 0 Å². The molecule has 8 heteroatoms. The van der Waals surface area contributed by atoms with Gasteiger partial charge < -0.3 is 0 Å². The van der Waals surface area contributed by atoms with Gasteiger partial charge in [-0.25, -0.2) is 17.2 Å². The molecule has 0 amide bonds. The molecule has 0 atom stereocenters. The number of rotatable bonds is 4. The van der Waals surface area contributed by atoms with Crippen LogP contribution >= 0.6 is 11.3 Å². The summed E-state index contributed by atoms with van der Waals surface area (Å²) in [5, 5.41) is 2.39. The highest BCUT2D eigenvalue weighted by Gasteiger charge is 2.26. The van der Waals surface area contributed by atoms with Crippen LogP contribution in [-0.2, 0) is 22.9 Å². The van der Waals surface area contributed by atoms with Crippen molar-refractivity contribution >= 4 is 27.0 Å². The summed E-state index contributed by atoms with van der Waals surface area (Å²) in [6.07, 6.45) is 4.01. The Morgan fingerprint density at radius 3 is 2.73 bits per heavy atom. The Kier molecular flexibility index (Phi) is 4.14. The third-order valence-electron chi connectivity index (χ3n) is 3.69. The Morgan fingerprint density at radius 1 is 1.18 bits per heavy atom. The van der Waals surface area contributed by atoms with Crippen molar-refractivity contribution < 1.29 is 17.2 Å². The molecule has 0 unspecified atom stereocenters. The quantitative estimate of drug-likeness (QED) is 0.919. The molecule has 3 rings (SSSR count). The van der Waals surface area contributed by atoms with Gasteiger partial charge in [0.05, 0.1) is 11.9 Å². The molecule has 4 nitrogen and oxygen atoms in total. The minimum atomic E-state index is -4.04. The van der Waals surface area contributed by atoms with Gasteiger partial charge in [0.15, 0.2) is 0 Å². The van der Waals surface area contributed by atoms with Gasteiger partial charge in [0.25, 0.3) is 16.4 Å². The zero-order chi connectivity index (χ0) is 15.7. The maximum Gasteiger partial charge on any atom is 0.265 e. The number of alkyl halides is 2. The van der Waals surface area contributed by atoms with E-state index in [1.807, 2.05) is 0 Å². The van der Waals surface area contributed by atoms with Crippen molar-refractivity contribution in [3.63, 3.8) is 0 Å². The summed E-state index contributed by atoms with van der Waals surface area (Å²) >= 11 is 0.946. The maximum absolute atomic E-state index is 12.9. The SMILES string of the molecule is O=S(=O)(Nc1cncc2c1CCCC2)c1cscc1C(F)F. The fourth-order valence-corrected chi connectivity index (χ4v) is 5.10. The largest absolute Gasteiger partial charge is 0.278 e. The van der Waals surface area contributed by atoms with Crippen molar-refractivity contribution in [1.82, 2.24) is 4.98 Å². The molecule has 0 saturated carbocycles. The van der Waals surface area contributed by atoms with E-state index in [1.54, 1.807) is 6.20 Å². The van der Waals surface area contributed by atoms with E-state index in [0.29, 0.717) is 5.69 Å².